The van der Waals surface area contributed by atoms with E-state index in [9.17, 15) is 0 Å². The van der Waals surface area contributed by atoms with Gasteiger partial charge in [0.05, 0.1) is 0 Å². The van der Waals surface area contributed by atoms with Gasteiger partial charge in [0.15, 0.2) is 0 Å². The molecule has 1 nitrogen and oxygen atoms in total. The van der Waals surface area contributed by atoms with Crippen LogP contribution in [0.25, 0.3) is 0 Å². The van der Waals surface area contributed by atoms with Crippen molar-refractivity contribution in [2.24, 2.45) is 11.8 Å². The smallest absolute Gasteiger partial charge is 0.00439 e. The summed E-state index contributed by atoms with van der Waals surface area (Å²) in [6, 6.07) is 0. The van der Waals surface area contributed by atoms with Gasteiger partial charge in [-0.05, 0) is 50.9 Å². The number of likely N-dealkylation sites (tertiary alicyclic amines) is 1. The van der Waals surface area contributed by atoms with Crippen LogP contribution in [0, 0.1) is 11.8 Å². The fourth-order valence-electron chi connectivity index (χ4n) is 2.43. The van der Waals surface area contributed by atoms with Crippen LogP contribution in [0.1, 0.15) is 19.3 Å². The summed E-state index contributed by atoms with van der Waals surface area (Å²) in [6.07, 6.45) is 8.60. The van der Waals surface area contributed by atoms with Crippen LogP contribution in [0.3, 0.4) is 0 Å². The number of hydrogen-bond acceptors (Lipinski definition) is 1. The topological polar surface area (TPSA) is 3.24 Å². The minimum atomic E-state index is 0.714. The Hall–Kier alpha value is -0.560. The Morgan fingerprint density at radius 3 is 2.85 bits per heavy atom. The number of hydrogen-bond donors (Lipinski definition) is 0. The molecule has 0 spiro atoms. The molecule has 1 heteroatoms. The SMILES string of the molecule is C=C1C=CC1C1CCCN(C)CC1. The first kappa shape index (κ1) is 9.01. The summed E-state index contributed by atoms with van der Waals surface area (Å²) in [4.78, 5) is 2.45. The Bertz CT molecular complexity index is 229. The fourth-order valence-corrected chi connectivity index (χ4v) is 2.43. The molecule has 1 aliphatic heterocycles. The van der Waals surface area contributed by atoms with E-state index >= 15 is 0 Å². The highest BCUT2D eigenvalue weighted by atomic mass is 15.1. The monoisotopic (exact) mass is 177 g/mol. The van der Waals surface area contributed by atoms with Gasteiger partial charge in [-0.3, -0.25) is 0 Å². The highest BCUT2D eigenvalue weighted by Gasteiger charge is 2.26. The van der Waals surface area contributed by atoms with Gasteiger partial charge in [-0.1, -0.05) is 18.7 Å². The predicted molar refractivity (Wildman–Crippen MR) is 56.6 cm³/mol. The molecule has 0 saturated carbocycles. The molecule has 1 heterocycles. The Morgan fingerprint density at radius 1 is 1.38 bits per heavy atom. The van der Waals surface area contributed by atoms with Crippen LogP contribution in [0.5, 0.6) is 0 Å². The maximum Gasteiger partial charge on any atom is 0.00439 e. The molecule has 1 saturated heterocycles. The van der Waals surface area contributed by atoms with Crippen molar-refractivity contribution in [1.29, 1.82) is 0 Å². The van der Waals surface area contributed by atoms with Crippen LogP contribution in [-0.4, -0.2) is 25.0 Å². The second-order valence-corrected chi connectivity index (χ2v) is 4.45. The van der Waals surface area contributed by atoms with E-state index in [0.29, 0.717) is 5.92 Å². The first-order valence-corrected chi connectivity index (χ1v) is 5.33. The fraction of sp³-hybridized carbons (Fsp3) is 0.667. The summed E-state index contributed by atoms with van der Waals surface area (Å²) in [5.41, 5.74) is 1.36. The van der Waals surface area contributed by atoms with Crippen LogP contribution in [0.15, 0.2) is 24.3 Å². The van der Waals surface area contributed by atoms with E-state index < -0.39 is 0 Å². The normalized spacial score (nSPS) is 35.6. The van der Waals surface area contributed by atoms with Crippen molar-refractivity contribution >= 4 is 0 Å². The van der Waals surface area contributed by atoms with Crippen molar-refractivity contribution in [2.45, 2.75) is 19.3 Å². The Morgan fingerprint density at radius 2 is 2.23 bits per heavy atom. The van der Waals surface area contributed by atoms with Crippen LogP contribution in [-0.2, 0) is 0 Å². The molecule has 1 fully saturated rings. The molecule has 2 rings (SSSR count). The lowest BCUT2D eigenvalue weighted by Gasteiger charge is -2.29. The van der Waals surface area contributed by atoms with Gasteiger partial charge in [0.1, 0.15) is 0 Å². The second-order valence-electron chi connectivity index (χ2n) is 4.45. The molecule has 0 bridgehead atoms. The van der Waals surface area contributed by atoms with Crippen molar-refractivity contribution < 1.29 is 0 Å². The maximum absolute atomic E-state index is 4.07. The number of nitrogens with zero attached hydrogens (tertiary/aromatic N) is 1. The third kappa shape index (κ3) is 1.86. The average Bonchev–Trinajstić information content (AvgIpc) is 2.29. The molecular weight excluding hydrogens is 158 g/mol. The van der Waals surface area contributed by atoms with Gasteiger partial charge >= 0.3 is 0 Å². The molecule has 0 aromatic carbocycles. The van der Waals surface area contributed by atoms with Gasteiger partial charge in [-0.15, -0.1) is 0 Å². The summed E-state index contributed by atoms with van der Waals surface area (Å²) < 4.78 is 0. The Kier molecular flexibility index (Phi) is 2.54. The molecule has 2 atom stereocenters. The lowest BCUT2D eigenvalue weighted by Crippen LogP contribution is -2.22. The molecule has 0 aromatic heterocycles. The zero-order valence-corrected chi connectivity index (χ0v) is 8.50. The molecular formula is C12H19N. The van der Waals surface area contributed by atoms with E-state index in [0.717, 1.165) is 5.92 Å². The number of rotatable bonds is 1. The van der Waals surface area contributed by atoms with Gasteiger partial charge in [-0.2, -0.15) is 0 Å². The van der Waals surface area contributed by atoms with Crippen molar-refractivity contribution in [1.82, 2.24) is 4.90 Å². The molecule has 0 radical (unpaired) electrons. The van der Waals surface area contributed by atoms with E-state index in [1.54, 1.807) is 0 Å². The molecule has 2 aliphatic rings. The lowest BCUT2D eigenvalue weighted by atomic mass is 9.76. The van der Waals surface area contributed by atoms with Gasteiger partial charge in [-0.25, -0.2) is 0 Å². The third-order valence-electron chi connectivity index (χ3n) is 3.45. The first-order chi connectivity index (χ1) is 6.27. The van der Waals surface area contributed by atoms with Crippen LogP contribution in [0.2, 0.25) is 0 Å². The van der Waals surface area contributed by atoms with Gasteiger partial charge in [0.2, 0.25) is 0 Å². The molecule has 2 unspecified atom stereocenters. The van der Waals surface area contributed by atoms with E-state index in [4.69, 9.17) is 0 Å². The van der Waals surface area contributed by atoms with E-state index in [-0.39, 0.29) is 0 Å². The largest absolute Gasteiger partial charge is 0.306 e. The number of allylic oxidation sites excluding steroid dienone is 3. The standard InChI is InChI=1S/C12H19N/c1-10-5-6-12(10)11-4-3-8-13(2)9-7-11/h5-6,11-12H,1,3-4,7-9H2,2H3. The van der Waals surface area contributed by atoms with E-state index in [2.05, 4.69) is 30.7 Å². The van der Waals surface area contributed by atoms with Crippen molar-refractivity contribution in [3.8, 4) is 0 Å². The summed E-state index contributed by atoms with van der Waals surface area (Å²) in [6.45, 7) is 6.61. The van der Waals surface area contributed by atoms with Crippen LogP contribution < -0.4 is 0 Å². The molecule has 0 aromatic rings. The molecule has 0 amide bonds. The predicted octanol–water partition coefficient (Wildman–Crippen LogP) is 2.46. The Labute approximate surface area is 81.1 Å². The molecule has 0 N–H and O–H groups in total. The minimum absolute atomic E-state index is 0.714. The zero-order chi connectivity index (χ0) is 9.26. The second kappa shape index (κ2) is 3.67. The van der Waals surface area contributed by atoms with Crippen LogP contribution >= 0.6 is 0 Å². The van der Waals surface area contributed by atoms with Gasteiger partial charge in [0.25, 0.3) is 0 Å². The lowest BCUT2D eigenvalue weighted by molar-refractivity contribution is 0.330. The minimum Gasteiger partial charge on any atom is -0.306 e. The van der Waals surface area contributed by atoms with Crippen molar-refractivity contribution in [2.75, 3.05) is 20.1 Å². The Balaban J connectivity index is 1.93. The zero-order valence-electron chi connectivity index (χ0n) is 8.50. The average molecular weight is 177 g/mol. The van der Waals surface area contributed by atoms with Gasteiger partial charge < -0.3 is 4.90 Å². The quantitative estimate of drug-likeness (QED) is 0.594. The summed E-state index contributed by atoms with van der Waals surface area (Å²) in [7, 11) is 2.23. The highest BCUT2D eigenvalue weighted by molar-refractivity contribution is 5.33. The summed E-state index contributed by atoms with van der Waals surface area (Å²) in [5, 5.41) is 0. The third-order valence-corrected chi connectivity index (χ3v) is 3.45. The van der Waals surface area contributed by atoms with Crippen molar-refractivity contribution in [3.63, 3.8) is 0 Å². The molecule has 1 aliphatic carbocycles. The summed E-state index contributed by atoms with van der Waals surface area (Å²) >= 11 is 0. The maximum atomic E-state index is 4.07. The first-order valence-electron chi connectivity index (χ1n) is 5.33. The highest BCUT2D eigenvalue weighted by Crippen LogP contribution is 2.36. The van der Waals surface area contributed by atoms with E-state index in [1.807, 2.05) is 0 Å². The van der Waals surface area contributed by atoms with Crippen molar-refractivity contribution in [3.05, 3.63) is 24.3 Å². The summed E-state index contributed by atoms with van der Waals surface area (Å²) in [5.74, 6) is 1.59. The van der Waals surface area contributed by atoms with E-state index in [1.165, 1.54) is 37.9 Å². The molecule has 72 valence electrons. The van der Waals surface area contributed by atoms with Crippen LogP contribution in [0.4, 0.5) is 0 Å². The van der Waals surface area contributed by atoms with Gasteiger partial charge in [0, 0.05) is 5.92 Å². The molecule has 13 heavy (non-hydrogen) atoms.